The molecule has 162 valence electrons. The second kappa shape index (κ2) is 10.9. The molecule has 0 radical (unpaired) electrons. The summed E-state index contributed by atoms with van der Waals surface area (Å²) in [6, 6.07) is -3.65. The van der Waals surface area contributed by atoms with Crippen molar-refractivity contribution < 1.29 is 44.1 Å². The van der Waals surface area contributed by atoms with Crippen LogP contribution < -0.4 is 16.4 Å². The molecule has 0 aromatic heterocycles. The highest BCUT2D eigenvalue weighted by atomic mass is 16.4. The number of carboxylic acid groups (broad SMARTS) is 3. The molecule has 0 aliphatic carbocycles. The fourth-order valence-corrected chi connectivity index (χ4v) is 2.86. The molecule has 1 rings (SSSR count). The lowest BCUT2D eigenvalue weighted by molar-refractivity contribution is -0.144. The number of nitrogens with one attached hydrogen (secondary N) is 2. The van der Waals surface area contributed by atoms with Crippen LogP contribution >= 0.6 is 0 Å². The van der Waals surface area contributed by atoms with E-state index in [1.54, 1.807) is 0 Å². The molecule has 1 saturated heterocycles. The lowest BCUT2D eigenvalue weighted by Crippen LogP contribution is -2.55. The Kier molecular flexibility index (Phi) is 8.99. The van der Waals surface area contributed by atoms with Gasteiger partial charge < -0.3 is 36.6 Å². The fourth-order valence-electron chi connectivity index (χ4n) is 2.86. The van der Waals surface area contributed by atoms with Crippen LogP contribution in [-0.2, 0) is 28.8 Å². The van der Waals surface area contributed by atoms with Gasteiger partial charge in [0.2, 0.25) is 17.7 Å². The molecule has 13 heteroatoms. The highest BCUT2D eigenvalue weighted by molar-refractivity contribution is 5.95. The summed E-state index contributed by atoms with van der Waals surface area (Å²) in [5, 5.41) is 30.4. The first kappa shape index (κ1) is 23.8. The SMILES string of the molecule is NC(CCC(=O)O)C(=O)N1CCCC1C(=O)NC(CC(=O)O)C(=O)NCC(=O)O. The normalized spacial score (nSPS) is 17.8. The molecule has 1 aliphatic heterocycles. The van der Waals surface area contributed by atoms with Crippen LogP contribution in [-0.4, -0.2) is 87.1 Å². The Morgan fingerprint density at radius 1 is 1.03 bits per heavy atom. The second-order valence-corrected chi connectivity index (χ2v) is 6.50. The van der Waals surface area contributed by atoms with Gasteiger partial charge in [0.25, 0.3) is 0 Å². The van der Waals surface area contributed by atoms with Gasteiger partial charge in [-0.1, -0.05) is 0 Å². The Balaban J connectivity index is 2.80. The smallest absolute Gasteiger partial charge is 0.322 e. The first-order valence-corrected chi connectivity index (χ1v) is 8.82. The maximum Gasteiger partial charge on any atom is 0.322 e. The Hall–Kier alpha value is -3.22. The summed E-state index contributed by atoms with van der Waals surface area (Å²) in [6.45, 7) is -0.552. The van der Waals surface area contributed by atoms with E-state index in [9.17, 15) is 28.8 Å². The molecule has 0 bridgehead atoms. The minimum atomic E-state index is -1.53. The zero-order valence-electron chi connectivity index (χ0n) is 15.5. The van der Waals surface area contributed by atoms with Crippen molar-refractivity contribution >= 4 is 35.6 Å². The number of carbonyl (C=O) groups is 6. The predicted molar refractivity (Wildman–Crippen MR) is 94.4 cm³/mol. The summed E-state index contributed by atoms with van der Waals surface area (Å²) in [4.78, 5) is 70.3. The van der Waals surface area contributed by atoms with Crippen molar-refractivity contribution in [3.05, 3.63) is 0 Å². The first-order chi connectivity index (χ1) is 13.5. The van der Waals surface area contributed by atoms with Gasteiger partial charge in [-0.25, -0.2) is 0 Å². The Bertz CT molecular complexity index is 681. The zero-order chi connectivity index (χ0) is 22.1. The summed E-state index contributed by atoms with van der Waals surface area (Å²) in [6.07, 6.45) is -0.500. The van der Waals surface area contributed by atoms with Crippen molar-refractivity contribution in [2.24, 2.45) is 5.73 Å². The van der Waals surface area contributed by atoms with Crippen LogP contribution in [0, 0.1) is 0 Å². The van der Waals surface area contributed by atoms with Crippen molar-refractivity contribution in [3.63, 3.8) is 0 Å². The molecule has 1 fully saturated rings. The number of amides is 3. The van der Waals surface area contributed by atoms with Gasteiger partial charge in [0.15, 0.2) is 0 Å². The van der Waals surface area contributed by atoms with Gasteiger partial charge in [0, 0.05) is 13.0 Å². The largest absolute Gasteiger partial charge is 0.481 e. The Morgan fingerprint density at radius 2 is 1.69 bits per heavy atom. The van der Waals surface area contributed by atoms with Crippen LogP contribution in [0.3, 0.4) is 0 Å². The molecule has 29 heavy (non-hydrogen) atoms. The van der Waals surface area contributed by atoms with E-state index < -0.39 is 66.7 Å². The van der Waals surface area contributed by atoms with E-state index in [0.29, 0.717) is 6.42 Å². The van der Waals surface area contributed by atoms with Crippen LogP contribution in [0.5, 0.6) is 0 Å². The van der Waals surface area contributed by atoms with E-state index in [1.165, 1.54) is 4.90 Å². The number of hydrogen-bond acceptors (Lipinski definition) is 7. The lowest BCUT2D eigenvalue weighted by Gasteiger charge is -2.28. The van der Waals surface area contributed by atoms with Gasteiger partial charge in [-0.2, -0.15) is 0 Å². The quantitative estimate of drug-likeness (QED) is 0.205. The summed E-state index contributed by atoms with van der Waals surface area (Å²) in [5.74, 6) is -6.24. The molecule has 0 saturated carbocycles. The van der Waals surface area contributed by atoms with Crippen molar-refractivity contribution in [2.75, 3.05) is 13.1 Å². The molecule has 0 aromatic carbocycles. The standard InChI is InChI=1S/C16H24N4O9/c17-8(3-4-11(21)22)16(29)20-5-1-2-10(20)15(28)19-9(6-12(23)24)14(27)18-7-13(25)26/h8-10H,1-7,17H2,(H,18,27)(H,19,28)(H,21,22)(H,23,24)(H,25,26). The highest BCUT2D eigenvalue weighted by Gasteiger charge is 2.37. The average Bonchev–Trinajstić information content (AvgIpc) is 3.12. The van der Waals surface area contributed by atoms with Crippen LogP contribution in [0.25, 0.3) is 0 Å². The average molecular weight is 416 g/mol. The molecule has 3 unspecified atom stereocenters. The highest BCUT2D eigenvalue weighted by Crippen LogP contribution is 2.19. The molecule has 7 N–H and O–H groups in total. The molecular weight excluding hydrogens is 392 g/mol. The number of hydrogen-bond donors (Lipinski definition) is 6. The predicted octanol–water partition coefficient (Wildman–Crippen LogP) is -2.67. The van der Waals surface area contributed by atoms with Crippen molar-refractivity contribution in [1.82, 2.24) is 15.5 Å². The van der Waals surface area contributed by atoms with Crippen LogP contribution in [0.1, 0.15) is 32.1 Å². The van der Waals surface area contributed by atoms with Crippen molar-refractivity contribution in [1.29, 1.82) is 0 Å². The molecule has 0 spiro atoms. The first-order valence-electron chi connectivity index (χ1n) is 8.82. The topological polar surface area (TPSA) is 216 Å². The van der Waals surface area contributed by atoms with E-state index in [1.807, 2.05) is 5.32 Å². The van der Waals surface area contributed by atoms with E-state index in [4.69, 9.17) is 21.1 Å². The minimum Gasteiger partial charge on any atom is -0.481 e. The van der Waals surface area contributed by atoms with E-state index in [0.717, 1.165) is 0 Å². The minimum absolute atomic E-state index is 0.113. The molecular formula is C16H24N4O9. The third kappa shape index (κ3) is 7.73. The lowest BCUT2D eigenvalue weighted by atomic mass is 10.1. The molecule has 1 heterocycles. The van der Waals surface area contributed by atoms with Gasteiger partial charge in [0.1, 0.15) is 18.6 Å². The van der Waals surface area contributed by atoms with Crippen LogP contribution in [0.15, 0.2) is 0 Å². The fraction of sp³-hybridized carbons (Fsp3) is 0.625. The van der Waals surface area contributed by atoms with E-state index >= 15 is 0 Å². The number of carbonyl (C=O) groups excluding carboxylic acids is 3. The van der Waals surface area contributed by atoms with Gasteiger partial charge in [-0.3, -0.25) is 28.8 Å². The summed E-state index contributed by atoms with van der Waals surface area (Å²) >= 11 is 0. The maximum absolute atomic E-state index is 12.6. The van der Waals surface area contributed by atoms with E-state index in [-0.39, 0.29) is 25.8 Å². The van der Waals surface area contributed by atoms with E-state index in [2.05, 4.69) is 5.32 Å². The Morgan fingerprint density at radius 3 is 2.24 bits per heavy atom. The summed E-state index contributed by atoms with van der Waals surface area (Å²) in [5.41, 5.74) is 5.71. The van der Waals surface area contributed by atoms with Gasteiger partial charge >= 0.3 is 17.9 Å². The number of nitrogens with zero attached hydrogens (tertiary/aromatic N) is 1. The van der Waals surface area contributed by atoms with Gasteiger partial charge in [0.05, 0.1) is 12.5 Å². The summed E-state index contributed by atoms with van der Waals surface area (Å²) < 4.78 is 0. The number of aliphatic carboxylic acids is 3. The molecule has 3 atom stereocenters. The Labute approximate surface area is 165 Å². The maximum atomic E-state index is 12.6. The number of carboxylic acids is 3. The molecule has 0 aromatic rings. The monoisotopic (exact) mass is 416 g/mol. The molecule has 3 amide bonds. The van der Waals surface area contributed by atoms with Gasteiger partial charge in [-0.15, -0.1) is 0 Å². The second-order valence-electron chi connectivity index (χ2n) is 6.50. The molecule has 1 aliphatic rings. The number of nitrogens with two attached hydrogens (primary N) is 1. The van der Waals surface area contributed by atoms with Crippen molar-refractivity contribution in [2.45, 2.75) is 50.2 Å². The van der Waals surface area contributed by atoms with Crippen molar-refractivity contribution in [3.8, 4) is 0 Å². The summed E-state index contributed by atoms with van der Waals surface area (Å²) in [7, 11) is 0. The number of rotatable bonds is 11. The van der Waals surface area contributed by atoms with Gasteiger partial charge in [-0.05, 0) is 19.3 Å². The molecule has 13 nitrogen and oxygen atoms in total. The van der Waals surface area contributed by atoms with Crippen LogP contribution in [0.4, 0.5) is 0 Å². The third-order valence-corrected chi connectivity index (χ3v) is 4.25. The zero-order valence-corrected chi connectivity index (χ0v) is 15.5. The third-order valence-electron chi connectivity index (χ3n) is 4.25. The van der Waals surface area contributed by atoms with Crippen LogP contribution in [0.2, 0.25) is 0 Å². The number of likely N-dealkylation sites (tertiary alicyclic amines) is 1.